The van der Waals surface area contributed by atoms with E-state index in [1.807, 2.05) is 15.9 Å². The van der Waals surface area contributed by atoms with Gasteiger partial charge in [0.2, 0.25) is 10.0 Å². The first kappa shape index (κ1) is 22.1. The van der Waals surface area contributed by atoms with Crippen LogP contribution in [-0.2, 0) is 10.0 Å². The molecule has 0 radical (unpaired) electrons. The lowest BCUT2D eigenvalue weighted by atomic mass is 9.43. The summed E-state index contributed by atoms with van der Waals surface area (Å²) < 4.78 is 67.5. The Labute approximate surface area is 207 Å². The van der Waals surface area contributed by atoms with Crippen molar-refractivity contribution >= 4 is 16.1 Å². The van der Waals surface area contributed by atoms with Crippen molar-refractivity contribution < 1.29 is 26.4 Å². The molecule has 1 aromatic rings. The van der Waals surface area contributed by atoms with Crippen molar-refractivity contribution in [2.24, 2.45) is 16.2 Å². The molecule has 2 bridgehead atoms. The van der Waals surface area contributed by atoms with E-state index in [2.05, 4.69) is 10.1 Å². The largest absolute Gasteiger partial charge is 0.394 e. The second-order valence-electron chi connectivity index (χ2n) is 13.2. The van der Waals surface area contributed by atoms with Crippen LogP contribution in [0.3, 0.4) is 0 Å². The maximum atomic E-state index is 13.1. The van der Waals surface area contributed by atoms with Gasteiger partial charge in [-0.3, -0.25) is 0 Å². The van der Waals surface area contributed by atoms with Gasteiger partial charge in [0.05, 0.1) is 16.2 Å². The molecule has 13 heteroatoms. The van der Waals surface area contributed by atoms with E-state index in [4.69, 9.17) is 0 Å². The van der Waals surface area contributed by atoms with E-state index >= 15 is 0 Å². The Kier molecular flexibility index (Phi) is 3.82. The average molecular weight is 527 g/mol. The molecule has 8 fully saturated rings. The maximum absolute atomic E-state index is 13.1. The molecule has 2 spiro atoms. The number of hydrogen-bond acceptors (Lipinski definition) is 5. The molecule has 1 aromatic heterocycles. The van der Waals surface area contributed by atoms with Gasteiger partial charge in [-0.15, -0.1) is 0 Å². The molecule has 5 aliphatic carbocycles. The number of alkyl halides is 3. The van der Waals surface area contributed by atoms with Crippen molar-refractivity contribution in [2.75, 3.05) is 39.3 Å². The molecular formula is C23H29F3N6O3S. The fraction of sp³-hybridized carbons (Fsp3) is 0.870. The topological polar surface area (TPSA) is 91.6 Å². The normalized spacial score (nSPS) is 36.4. The predicted octanol–water partition coefficient (Wildman–Crippen LogP) is 2.34. The van der Waals surface area contributed by atoms with Crippen LogP contribution in [-0.4, -0.2) is 93.5 Å². The number of halogens is 3. The first-order valence-corrected chi connectivity index (χ1v) is 14.3. The summed E-state index contributed by atoms with van der Waals surface area (Å²) in [4.78, 5) is 21.0. The summed E-state index contributed by atoms with van der Waals surface area (Å²) in [6.07, 6.45) is 1.03. The number of aromatic nitrogens is 3. The smallest absolute Gasteiger partial charge is 0.323 e. The maximum Gasteiger partial charge on any atom is 0.394 e. The van der Waals surface area contributed by atoms with E-state index in [-0.39, 0.29) is 36.1 Å². The molecule has 3 saturated heterocycles. The van der Waals surface area contributed by atoms with Crippen LogP contribution in [0.5, 0.6) is 0 Å². The van der Waals surface area contributed by atoms with Crippen molar-refractivity contribution in [2.45, 2.75) is 67.8 Å². The van der Waals surface area contributed by atoms with Gasteiger partial charge in [0.15, 0.2) is 5.82 Å². The van der Waals surface area contributed by atoms with Gasteiger partial charge >= 0.3 is 12.2 Å². The summed E-state index contributed by atoms with van der Waals surface area (Å²) in [5, 5.41) is 4.64. The van der Waals surface area contributed by atoms with Crippen molar-refractivity contribution in [3.8, 4) is 0 Å². The minimum atomic E-state index is -4.32. The number of urea groups is 1. The van der Waals surface area contributed by atoms with Crippen LogP contribution in [0.15, 0.2) is 6.33 Å². The van der Waals surface area contributed by atoms with E-state index < -0.39 is 26.4 Å². The number of nitrogens with zero attached hydrogens (tertiary/aromatic N) is 6. The van der Waals surface area contributed by atoms with Gasteiger partial charge in [-0.1, -0.05) is 0 Å². The minimum Gasteiger partial charge on any atom is -0.323 e. The molecular weight excluding hydrogens is 497 g/mol. The number of likely N-dealkylation sites (tertiary alicyclic amines) is 2. The molecule has 3 aliphatic heterocycles. The molecule has 8 aliphatic rings. The summed E-state index contributed by atoms with van der Waals surface area (Å²) in [6, 6.07) is 0.379. The lowest BCUT2D eigenvalue weighted by Crippen LogP contribution is -2.81. The van der Waals surface area contributed by atoms with Gasteiger partial charge in [0.1, 0.15) is 6.33 Å². The van der Waals surface area contributed by atoms with Gasteiger partial charge in [-0.05, 0) is 44.9 Å². The van der Waals surface area contributed by atoms with E-state index in [9.17, 15) is 26.4 Å². The molecule has 0 unspecified atom stereocenters. The van der Waals surface area contributed by atoms with Crippen LogP contribution in [0.25, 0.3) is 0 Å². The van der Waals surface area contributed by atoms with Crippen molar-refractivity contribution in [3.05, 3.63) is 12.2 Å². The standard InChI is InChI=1S/C23H29F3N6O3S/c24-23(25,26)21-5-22(6-21,7-21)36(34,35)31-12-20(13-31)10-30(11-20)18(33)29-8-19(9-29)3-16(4-19)32-14-27-17(28-32)15-1-2-15/h14-16H,1-13H2. The zero-order valence-corrected chi connectivity index (χ0v) is 20.7. The third-order valence-electron chi connectivity index (χ3n) is 10.3. The van der Waals surface area contributed by atoms with Crippen LogP contribution in [0.1, 0.15) is 62.7 Å². The van der Waals surface area contributed by atoms with Gasteiger partial charge in [-0.2, -0.15) is 22.6 Å². The fourth-order valence-corrected chi connectivity index (χ4v) is 10.8. The van der Waals surface area contributed by atoms with Crippen LogP contribution >= 0.6 is 0 Å². The zero-order chi connectivity index (χ0) is 24.9. The first-order chi connectivity index (χ1) is 16.9. The highest BCUT2D eigenvalue weighted by Gasteiger charge is 2.84. The van der Waals surface area contributed by atoms with Gasteiger partial charge < -0.3 is 9.80 Å². The summed E-state index contributed by atoms with van der Waals surface area (Å²) in [5.41, 5.74) is -1.82. The Morgan fingerprint density at radius 2 is 1.53 bits per heavy atom. The third-order valence-corrected chi connectivity index (χ3v) is 12.8. The minimum absolute atomic E-state index is 0.0133. The van der Waals surface area contributed by atoms with Crippen molar-refractivity contribution in [1.29, 1.82) is 0 Å². The fourth-order valence-electron chi connectivity index (χ4n) is 7.99. The Bertz CT molecular complexity index is 1240. The SMILES string of the molecule is O=C(N1CC2(CC(n3cnc(C4CC4)n3)C2)C1)N1CC2(C1)CN(S(=O)(=O)C13CC(C(F)(F)F)(C1)C3)C2. The number of carbonyl (C=O) groups excluding carboxylic acids is 1. The van der Waals surface area contributed by atoms with Crippen LogP contribution in [0.4, 0.5) is 18.0 Å². The van der Waals surface area contributed by atoms with Crippen LogP contribution < -0.4 is 0 Å². The summed E-state index contributed by atoms with van der Waals surface area (Å²) in [6.45, 7) is 3.16. The average Bonchev–Trinajstić information content (AvgIpc) is 3.31. The number of rotatable bonds is 4. The molecule has 9 rings (SSSR count). The molecule has 0 aromatic carbocycles. The highest BCUT2D eigenvalue weighted by molar-refractivity contribution is 7.90. The molecule has 0 N–H and O–H groups in total. The molecule has 5 saturated carbocycles. The highest BCUT2D eigenvalue weighted by Crippen LogP contribution is 2.77. The molecule has 0 atom stereocenters. The van der Waals surface area contributed by atoms with E-state index in [0.717, 1.165) is 31.8 Å². The second kappa shape index (κ2) is 6.22. The molecule has 196 valence electrons. The number of carbonyl (C=O) groups is 1. The summed E-state index contributed by atoms with van der Waals surface area (Å²) >= 11 is 0. The van der Waals surface area contributed by atoms with E-state index in [0.29, 0.717) is 38.1 Å². The van der Waals surface area contributed by atoms with Gasteiger partial charge in [-0.25, -0.2) is 22.9 Å². The second-order valence-corrected chi connectivity index (χ2v) is 15.5. The Morgan fingerprint density at radius 1 is 0.944 bits per heavy atom. The number of amides is 2. The lowest BCUT2D eigenvalue weighted by molar-refractivity contribution is -0.315. The van der Waals surface area contributed by atoms with Crippen LogP contribution in [0.2, 0.25) is 0 Å². The van der Waals surface area contributed by atoms with Gasteiger partial charge in [0, 0.05) is 56.0 Å². The Hall–Kier alpha value is -1.89. The van der Waals surface area contributed by atoms with Crippen LogP contribution in [0, 0.1) is 16.2 Å². The first-order valence-electron chi connectivity index (χ1n) is 12.9. The monoisotopic (exact) mass is 526 g/mol. The lowest BCUT2D eigenvalue weighted by Gasteiger charge is -2.71. The molecule has 2 amide bonds. The zero-order valence-electron chi connectivity index (χ0n) is 19.9. The third kappa shape index (κ3) is 2.66. The summed E-state index contributed by atoms with van der Waals surface area (Å²) in [7, 11) is -3.72. The van der Waals surface area contributed by atoms with Crippen molar-refractivity contribution in [1.82, 2.24) is 28.9 Å². The van der Waals surface area contributed by atoms with E-state index in [1.54, 1.807) is 4.90 Å². The van der Waals surface area contributed by atoms with E-state index in [1.165, 1.54) is 17.1 Å². The Morgan fingerprint density at radius 3 is 2.08 bits per heavy atom. The molecule has 4 heterocycles. The highest BCUT2D eigenvalue weighted by atomic mass is 32.2. The Balaban J connectivity index is 0.804. The summed E-state index contributed by atoms with van der Waals surface area (Å²) in [5.74, 6) is 1.51. The molecule has 36 heavy (non-hydrogen) atoms. The predicted molar refractivity (Wildman–Crippen MR) is 119 cm³/mol. The number of hydrogen-bond donors (Lipinski definition) is 0. The van der Waals surface area contributed by atoms with Gasteiger partial charge in [0.25, 0.3) is 0 Å². The molecule has 9 nitrogen and oxygen atoms in total. The number of sulfonamides is 1. The quantitative estimate of drug-likeness (QED) is 0.601. The van der Waals surface area contributed by atoms with Crippen molar-refractivity contribution in [3.63, 3.8) is 0 Å².